The monoisotopic (exact) mass is 490 g/mol. The molecule has 3 aromatic rings. The second-order valence-corrected chi connectivity index (χ2v) is 9.20. The molecule has 0 amide bonds. The van der Waals surface area contributed by atoms with E-state index in [2.05, 4.69) is 20.6 Å². The zero-order valence-corrected chi connectivity index (χ0v) is 17.3. The van der Waals surface area contributed by atoms with Crippen LogP contribution in [0, 0.1) is 17.0 Å². The lowest BCUT2D eigenvalue weighted by Crippen LogP contribution is -2.76. The van der Waals surface area contributed by atoms with Crippen LogP contribution in [-0.4, -0.2) is 47.2 Å². The van der Waals surface area contributed by atoms with Crippen molar-refractivity contribution in [2.75, 3.05) is 0 Å². The van der Waals surface area contributed by atoms with Gasteiger partial charge in [-0.1, -0.05) is 0 Å². The summed E-state index contributed by atoms with van der Waals surface area (Å²) in [5.74, 6) is -6.28. The Morgan fingerprint density at radius 2 is 1.71 bits per heavy atom. The minimum atomic E-state index is -4.48. The van der Waals surface area contributed by atoms with Gasteiger partial charge in [0.1, 0.15) is 24.5 Å². The van der Waals surface area contributed by atoms with Gasteiger partial charge >= 0.3 is 6.18 Å². The fraction of sp³-hybridized carbons (Fsp3) is 0.500. The maximum atomic E-state index is 16.0. The van der Waals surface area contributed by atoms with Gasteiger partial charge in [-0.25, -0.2) is 22.2 Å². The maximum absolute atomic E-state index is 16.0. The van der Waals surface area contributed by atoms with Gasteiger partial charge in [-0.2, -0.15) is 18.3 Å². The molecule has 0 aliphatic heterocycles. The Hall–Kier alpha value is -3.03. The topological polar surface area (TPSA) is 81.7 Å². The number of aromatic nitrogens is 6. The number of hydrogen-bond acceptors (Lipinski definition) is 5. The van der Waals surface area contributed by atoms with Gasteiger partial charge in [-0.3, -0.25) is 4.68 Å². The van der Waals surface area contributed by atoms with Crippen molar-refractivity contribution in [3.8, 4) is 0 Å². The summed E-state index contributed by atoms with van der Waals surface area (Å²) in [5.41, 5.74) is -6.10. The van der Waals surface area contributed by atoms with Crippen molar-refractivity contribution < 1.29 is 35.8 Å². The zero-order valence-electron chi connectivity index (χ0n) is 17.3. The van der Waals surface area contributed by atoms with E-state index < -0.39 is 58.8 Å². The van der Waals surface area contributed by atoms with Gasteiger partial charge in [0.2, 0.25) is 0 Å². The van der Waals surface area contributed by atoms with E-state index in [1.165, 1.54) is 12.4 Å². The average molecular weight is 490 g/mol. The maximum Gasteiger partial charge on any atom is 0.408 e. The highest BCUT2D eigenvalue weighted by Gasteiger charge is 2.82. The first-order chi connectivity index (χ1) is 15.8. The number of halogens is 7. The van der Waals surface area contributed by atoms with Crippen molar-refractivity contribution in [3.63, 3.8) is 0 Å². The van der Waals surface area contributed by atoms with Gasteiger partial charge in [-0.15, -0.1) is 5.10 Å². The lowest BCUT2D eigenvalue weighted by molar-refractivity contribution is -0.347. The Kier molecular flexibility index (Phi) is 4.68. The Morgan fingerprint density at radius 3 is 2.29 bits per heavy atom. The molecule has 182 valence electrons. The number of benzene rings is 1. The number of nitrogens with zero attached hydrogens (tertiary/aromatic N) is 6. The molecule has 0 radical (unpaired) electrons. The largest absolute Gasteiger partial charge is 0.408 e. The van der Waals surface area contributed by atoms with E-state index in [-0.39, 0.29) is 19.3 Å². The quantitative estimate of drug-likeness (QED) is 0.514. The SMILES string of the molecule is O[C@@](Cn1cnnn1)(c1ccc(F)cc1F)C(F)(F)C12CC(c3cnn(CC(F)(F)F)c3)(C1)C2. The highest BCUT2D eigenvalue weighted by atomic mass is 19.4. The van der Waals surface area contributed by atoms with Crippen LogP contribution in [0.1, 0.15) is 30.4 Å². The fourth-order valence-corrected chi connectivity index (χ4v) is 5.44. The molecule has 3 saturated carbocycles. The summed E-state index contributed by atoms with van der Waals surface area (Å²) in [7, 11) is 0. The molecule has 34 heavy (non-hydrogen) atoms. The third-order valence-electron chi connectivity index (χ3n) is 6.96. The Balaban J connectivity index is 1.45. The van der Waals surface area contributed by atoms with E-state index in [0.717, 1.165) is 23.1 Å². The molecule has 14 heteroatoms. The van der Waals surface area contributed by atoms with Gasteiger partial charge in [0.25, 0.3) is 5.92 Å². The number of tetrazole rings is 1. The first-order valence-electron chi connectivity index (χ1n) is 10.2. The summed E-state index contributed by atoms with van der Waals surface area (Å²) in [6.45, 7) is -2.21. The molecule has 3 aliphatic carbocycles. The minimum Gasteiger partial charge on any atom is -0.377 e. The summed E-state index contributed by atoms with van der Waals surface area (Å²) < 4.78 is 99.5. The first kappa shape index (κ1) is 22.7. The smallest absolute Gasteiger partial charge is 0.377 e. The van der Waals surface area contributed by atoms with Crippen molar-refractivity contribution in [3.05, 3.63) is 59.7 Å². The highest BCUT2D eigenvalue weighted by Crippen LogP contribution is 2.80. The number of hydrogen-bond donors (Lipinski definition) is 1. The molecule has 1 aromatic carbocycles. The molecule has 6 rings (SSSR count). The molecule has 0 saturated heterocycles. The average Bonchev–Trinajstić information content (AvgIpc) is 3.30. The molecule has 2 heterocycles. The van der Waals surface area contributed by atoms with E-state index in [9.17, 15) is 27.1 Å². The fourth-order valence-electron chi connectivity index (χ4n) is 5.44. The second-order valence-electron chi connectivity index (χ2n) is 9.20. The molecular formula is C20H17F7N6O. The predicted octanol–water partition coefficient (Wildman–Crippen LogP) is 3.36. The Bertz CT molecular complexity index is 1200. The molecule has 1 atom stereocenters. The van der Waals surface area contributed by atoms with E-state index >= 15 is 8.78 Å². The molecule has 0 spiro atoms. The van der Waals surface area contributed by atoms with Crippen molar-refractivity contribution in [1.82, 2.24) is 30.0 Å². The third kappa shape index (κ3) is 3.21. The van der Waals surface area contributed by atoms with Crippen molar-refractivity contribution in [1.29, 1.82) is 0 Å². The molecule has 7 nitrogen and oxygen atoms in total. The van der Waals surface area contributed by atoms with Crippen LogP contribution in [0.5, 0.6) is 0 Å². The van der Waals surface area contributed by atoms with E-state index in [4.69, 9.17) is 0 Å². The first-order valence-corrected chi connectivity index (χ1v) is 10.2. The van der Waals surface area contributed by atoms with Crippen LogP contribution in [0.2, 0.25) is 0 Å². The lowest BCUT2D eigenvalue weighted by Gasteiger charge is -2.73. The van der Waals surface area contributed by atoms with E-state index in [1.54, 1.807) is 0 Å². The highest BCUT2D eigenvalue weighted by molar-refractivity contribution is 5.41. The van der Waals surface area contributed by atoms with Crippen molar-refractivity contribution >= 4 is 0 Å². The van der Waals surface area contributed by atoms with Gasteiger partial charge in [0, 0.05) is 28.7 Å². The van der Waals surface area contributed by atoms with E-state index in [0.29, 0.717) is 16.3 Å². The zero-order chi connectivity index (χ0) is 24.6. The van der Waals surface area contributed by atoms with E-state index in [1.807, 2.05) is 0 Å². The van der Waals surface area contributed by atoms with Crippen molar-refractivity contribution in [2.45, 2.75) is 55.5 Å². The van der Waals surface area contributed by atoms with Crippen LogP contribution < -0.4 is 0 Å². The molecule has 2 aromatic heterocycles. The summed E-state index contributed by atoms with van der Waals surface area (Å²) >= 11 is 0. The van der Waals surface area contributed by atoms with Crippen LogP contribution in [-0.2, 0) is 24.1 Å². The molecule has 1 N–H and O–H groups in total. The summed E-state index contributed by atoms with van der Waals surface area (Å²) in [4.78, 5) is 0. The van der Waals surface area contributed by atoms with Gasteiger partial charge in [0.15, 0.2) is 5.60 Å². The van der Waals surface area contributed by atoms with Crippen LogP contribution in [0.3, 0.4) is 0 Å². The number of aliphatic hydroxyl groups is 1. The second kappa shape index (κ2) is 6.99. The van der Waals surface area contributed by atoms with Gasteiger partial charge < -0.3 is 5.11 Å². The Labute approximate surface area is 187 Å². The summed E-state index contributed by atoms with van der Waals surface area (Å²) in [5, 5.41) is 25.1. The number of rotatable bonds is 7. The van der Waals surface area contributed by atoms with Crippen LogP contribution in [0.15, 0.2) is 36.9 Å². The Morgan fingerprint density at radius 1 is 1.00 bits per heavy atom. The normalized spacial score (nSPS) is 26.0. The summed E-state index contributed by atoms with van der Waals surface area (Å²) in [6.07, 6.45) is -1.55. The van der Waals surface area contributed by atoms with Gasteiger partial charge in [-0.05, 0) is 47.4 Å². The number of alkyl halides is 5. The third-order valence-corrected chi connectivity index (χ3v) is 6.96. The molecule has 3 fully saturated rings. The van der Waals surface area contributed by atoms with Crippen LogP contribution >= 0.6 is 0 Å². The van der Waals surface area contributed by atoms with Crippen LogP contribution in [0.25, 0.3) is 0 Å². The molecule has 2 bridgehead atoms. The standard InChI is InChI=1S/C20H17F7N6O/c21-13-1-2-14(15(22)3-13)18(34,9-33-11-28-30-31-33)20(26,27)17-6-16(7-17,8-17)12-4-29-32(5-12)10-19(23,24)25/h1-5,11,34H,6-10H2/t16?,17?,18-/m0/s1. The van der Waals surface area contributed by atoms with Gasteiger partial charge in [0.05, 0.1) is 12.7 Å². The molecule has 3 aliphatic rings. The van der Waals surface area contributed by atoms with Crippen LogP contribution in [0.4, 0.5) is 30.7 Å². The minimum absolute atomic E-state index is 0.147. The predicted molar refractivity (Wildman–Crippen MR) is 99.3 cm³/mol. The van der Waals surface area contributed by atoms with Crippen molar-refractivity contribution in [2.24, 2.45) is 5.41 Å². The molecule has 0 unspecified atom stereocenters. The summed E-state index contributed by atoms with van der Waals surface area (Å²) in [6, 6.07) is 1.91. The lowest BCUT2D eigenvalue weighted by atomic mass is 9.31. The molecular weight excluding hydrogens is 473 g/mol.